The average Bonchev–Trinajstić information content (AvgIpc) is 2.82. The molecule has 1 amide bonds. The van der Waals surface area contributed by atoms with Gasteiger partial charge in [-0.25, -0.2) is 0 Å². The van der Waals surface area contributed by atoms with E-state index in [4.69, 9.17) is 0 Å². The van der Waals surface area contributed by atoms with E-state index in [0.717, 1.165) is 30.2 Å². The highest BCUT2D eigenvalue weighted by atomic mass is 16.2. The second kappa shape index (κ2) is 4.80. The second-order valence-corrected chi connectivity index (χ2v) is 5.41. The Morgan fingerprint density at radius 1 is 1.33 bits per heavy atom. The second-order valence-electron chi connectivity index (χ2n) is 5.41. The number of aliphatic imine (C=N–C) groups is 1. The molecule has 0 bridgehead atoms. The minimum atomic E-state index is -0.405. The molecule has 1 aliphatic heterocycles. The largest absolute Gasteiger partial charge is 0.368 e. The predicted molar refractivity (Wildman–Crippen MR) is 73.9 cm³/mol. The van der Waals surface area contributed by atoms with Gasteiger partial charge in [0.1, 0.15) is 5.84 Å². The van der Waals surface area contributed by atoms with Gasteiger partial charge in [0.15, 0.2) is 0 Å². The van der Waals surface area contributed by atoms with Crippen molar-refractivity contribution in [3.63, 3.8) is 0 Å². The van der Waals surface area contributed by atoms with E-state index in [-0.39, 0.29) is 5.91 Å². The Kier molecular flexibility index (Phi) is 3.36. The van der Waals surface area contributed by atoms with Crippen LogP contribution in [-0.2, 0) is 4.79 Å². The molecule has 0 spiro atoms. The summed E-state index contributed by atoms with van der Waals surface area (Å²) in [4.78, 5) is 16.4. The first-order chi connectivity index (χ1) is 8.48. The number of carbonyl (C=O) groups is 1. The number of hydrogen-bond donors (Lipinski definition) is 2. The Bertz CT molecular complexity index is 486. The van der Waals surface area contributed by atoms with Gasteiger partial charge in [-0.15, -0.1) is 0 Å². The molecule has 2 N–H and O–H groups in total. The highest BCUT2D eigenvalue weighted by Gasteiger charge is 2.22. The highest BCUT2D eigenvalue weighted by Crippen LogP contribution is 2.21. The predicted octanol–water partition coefficient (Wildman–Crippen LogP) is 2.02. The van der Waals surface area contributed by atoms with Crippen molar-refractivity contribution in [1.29, 1.82) is 0 Å². The van der Waals surface area contributed by atoms with Crippen molar-refractivity contribution < 1.29 is 4.79 Å². The summed E-state index contributed by atoms with van der Waals surface area (Å²) in [7, 11) is 0. The maximum absolute atomic E-state index is 12.0. The lowest BCUT2D eigenvalue weighted by Crippen LogP contribution is -2.29. The Labute approximate surface area is 108 Å². The summed E-state index contributed by atoms with van der Waals surface area (Å²) >= 11 is 0. The van der Waals surface area contributed by atoms with Crippen LogP contribution in [0.1, 0.15) is 26.3 Å². The molecule has 4 nitrogen and oxygen atoms in total. The van der Waals surface area contributed by atoms with Gasteiger partial charge in [0.25, 0.3) is 0 Å². The van der Waals surface area contributed by atoms with Crippen molar-refractivity contribution in [3.8, 4) is 0 Å². The van der Waals surface area contributed by atoms with Crippen molar-refractivity contribution in [2.75, 3.05) is 18.4 Å². The number of amidine groups is 1. The lowest BCUT2D eigenvalue weighted by atomic mass is 9.95. The third-order valence-corrected chi connectivity index (χ3v) is 2.79. The van der Waals surface area contributed by atoms with Crippen LogP contribution in [0.5, 0.6) is 0 Å². The standard InChI is InChI=1S/C14H19N3O/c1-14(2,3)13(18)17-11-7-5-4-6-10(11)12-15-8-9-16-12/h4-7H,8-9H2,1-3H3,(H,15,16)(H,17,18). The Balaban J connectivity index is 2.26. The van der Waals surface area contributed by atoms with Gasteiger partial charge in [0.2, 0.25) is 5.91 Å². The number of nitrogens with one attached hydrogen (secondary N) is 2. The van der Waals surface area contributed by atoms with E-state index in [1.54, 1.807) is 0 Å². The first-order valence-electron chi connectivity index (χ1n) is 6.17. The lowest BCUT2D eigenvalue weighted by Gasteiger charge is -2.19. The molecule has 1 aliphatic rings. The fraction of sp³-hybridized carbons (Fsp3) is 0.429. The molecule has 1 aromatic carbocycles. The van der Waals surface area contributed by atoms with Crippen molar-refractivity contribution in [2.24, 2.45) is 10.4 Å². The van der Waals surface area contributed by atoms with E-state index < -0.39 is 5.41 Å². The van der Waals surface area contributed by atoms with Crippen LogP contribution >= 0.6 is 0 Å². The van der Waals surface area contributed by atoms with Crippen LogP contribution in [0.25, 0.3) is 0 Å². The SMILES string of the molecule is CC(C)(C)C(=O)Nc1ccccc1C1=NCCN1. The summed E-state index contributed by atoms with van der Waals surface area (Å²) in [6.07, 6.45) is 0. The maximum Gasteiger partial charge on any atom is 0.229 e. The van der Waals surface area contributed by atoms with Crippen LogP contribution < -0.4 is 10.6 Å². The van der Waals surface area contributed by atoms with E-state index >= 15 is 0 Å². The molecule has 0 aromatic heterocycles. The van der Waals surface area contributed by atoms with Gasteiger partial charge in [-0.3, -0.25) is 9.79 Å². The number of benzene rings is 1. The van der Waals surface area contributed by atoms with Crippen molar-refractivity contribution >= 4 is 17.4 Å². The molecule has 4 heteroatoms. The van der Waals surface area contributed by atoms with Gasteiger partial charge >= 0.3 is 0 Å². The van der Waals surface area contributed by atoms with E-state index in [1.165, 1.54) is 0 Å². The van der Waals surface area contributed by atoms with Gasteiger partial charge in [-0.05, 0) is 12.1 Å². The fourth-order valence-electron chi connectivity index (χ4n) is 1.69. The number of hydrogen-bond acceptors (Lipinski definition) is 3. The number of anilines is 1. The molecule has 2 rings (SSSR count). The van der Waals surface area contributed by atoms with Crippen molar-refractivity contribution in [1.82, 2.24) is 5.32 Å². The number of rotatable bonds is 2. The number of amides is 1. The van der Waals surface area contributed by atoms with E-state index in [2.05, 4.69) is 15.6 Å². The third-order valence-electron chi connectivity index (χ3n) is 2.79. The van der Waals surface area contributed by atoms with Gasteiger partial charge < -0.3 is 10.6 Å². The molecule has 0 aliphatic carbocycles. The van der Waals surface area contributed by atoms with E-state index in [1.807, 2.05) is 45.0 Å². The zero-order valence-corrected chi connectivity index (χ0v) is 11.1. The molecule has 1 aromatic rings. The van der Waals surface area contributed by atoms with Crippen LogP contribution in [0.2, 0.25) is 0 Å². The van der Waals surface area contributed by atoms with E-state index in [0.29, 0.717) is 0 Å². The molecule has 1 heterocycles. The Morgan fingerprint density at radius 3 is 2.67 bits per heavy atom. The lowest BCUT2D eigenvalue weighted by molar-refractivity contribution is -0.123. The monoisotopic (exact) mass is 245 g/mol. The molecule has 0 radical (unpaired) electrons. The molecular formula is C14H19N3O. The third kappa shape index (κ3) is 2.70. The number of nitrogens with zero attached hydrogens (tertiary/aromatic N) is 1. The van der Waals surface area contributed by atoms with E-state index in [9.17, 15) is 4.79 Å². The fourth-order valence-corrected chi connectivity index (χ4v) is 1.69. The molecule has 0 fully saturated rings. The highest BCUT2D eigenvalue weighted by molar-refractivity contribution is 6.07. The smallest absolute Gasteiger partial charge is 0.229 e. The normalized spacial score (nSPS) is 14.9. The van der Waals surface area contributed by atoms with Crippen LogP contribution in [-0.4, -0.2) is 24.8 Å². The number of carbonyl (C=O) groups excluding carboxylic acids is 1. The summed E-state index contributed by atoms with van der Waals surface area (Å²) in [5.41, 5.74) is 1.36. The molecule has 0 saturated carbocycles. The first-order valence-corrected chi connectivity index (χ1v) is 6.17. The zero-order chi connectivity index (χ0) is 13.2. The molecule has 96 valence electrons. The van der Waals surface area contributed by atoms with Crippen LogP contribution in [0.4, 0.5) is 5.69 Å². The molecule has 0 atom stereocenters. The molecule has 18 heavy (non-hydrogen) atoms. The van der Waals surface area contributed by atoms with Crippen LogP contribution in [0, 0.1) is 5.41 Å². The number of para-hydroxylation sites is 1. The van der Waals surface area contributed by atoms with Crippen molar-refractivity contribution in [2.45, 2.75) is 20.8 Å². The van der Waals surface area contributed by atoms with Crippen molar-refractivity contribution in [3.05, 3.63) is 29.8 Å². The molecular weight excluding hydrogens is 226 g/mol. The molecule has 0 unspecified atom stereocenters. The van der Waals surface area contributed by atoms with Gasteiger partial charge in [0, 0.05) is 17.5 Å². The first kappa shape index (κ1) is 12.6. The Morgan fingerprint density at radius 2 is 2.06 bits per heavy atom. The van der Waals surface area contributed by atoms with Gasteiger partial charge in [-0.1, -0.05) is 32.9 Å². The summed E-state index contributed by atoms with van der Waals surface area (Å²) in [5, 5.41) is 6.19. The van der Waals surface area contributed by atoms with Crippen LogP contribution in [0.15, 0.2) is 29.3 Å². The van der Waals surface area contributed by atoms with Gasteiger partial charge in [0.05, 0.1) is 12.2 Å². The summed E-state index contributed by atoms with van der Waals surface area (Å²) in [6.45, 7) is 7.34. The van der Waals surface area contributed by atoms with Crippen LogP contribution in [0.3, 0.4) is 0 Å². The zero-order valence-electron chi connectivity index (χ0n) is 11.1. The summed E-state index contributed by atoms with van der Waals surface area (Å²) < 4.78 is 0. The summed E-state index contributed by atoms with van der Waals surface area (Å²) in [6, 6.07) is 7.73. The van der Waals surface area contributed by atoms with Gasteiger partial charge in [-0.2, -0.15) is 0 Å². The maximum atomic E-state index is 12.0. The Hall–Kier alpha value is -1.84. The molecule has 0 saturated heterocycles. The minimum absolute atomic E-state index is 0.00791. The summed E-state index contributed by atoms with van der Waals surface area (Å²) in [5.74, 6) is 0.869. The quantitative estimate of drug-likeness (QED) is 0.837. The topological polar surface area (TPSA) is 53.5 Å². The average molecular weight is 245 g/mol. The minimum Gasteiger partial charge on any atom is -0.368 e.